The van der Waals surface area contributed by atoms with E-state index in [1.165, 1.54) is 11.3 Å². The van der Waals surface area contributed by atoms with Gasteiger partial charge in [-0.05, 0) is 23.6 Å². The number of hydrogen-bond acceptors (Lipinski definition) is 4. The van der Waals surface area contributed by atoms with Crippen LogP contribution < -0.4 is 4.84 Å². The van der Waals surface area contributed by atoms with Crippen LogP contribution in [-0.4, -0.2) is 5.09 Å². The van der Waals surface area contributed by atoms with Crippen molar-refractivity contribution < 1.29 is 9.92 Å². The van der Waals surface area contributed by atoms with E-state index in [0.717, 1.165) is 10.1 Å². The Morgan fingerprint density at radius 1 is 1.38 bits per heavy atom. The molecule has 5 heteroatoms. The van der Waals surface area contributed by atoms with Crippen molar-refractivity contribution in [3.05, 3.63) is 39.8 Å². The van der Waals surface area contributed by atoms with Gasteiger partial charge < -0.3 is 0 Å². The third-order valence-electron chi connectivity index (χ3n) is 1.63. The molecule has 0 unspecified atom stereocenters. The van der Waals surface area contributed by atoms with E-state index in [9.17, 15) is 10.1 Å². The molecule has 1 heterocycles. The lowest BCUT2D eigenvalue weighted by Gasteiger charge is -1.98. The second kappa shape index (κ2) is 3.02. The van der Waals surface area contributed by atoms with Gasteiger partial charge in [-0.15, -0.1) is 21.5 Å². The third-order valence-corrected chi connectivity index (χ3v) is 2.51. The molecule has 4 nitrogen and oxygen atoms in total. The molecule has 1 aromatic heterocycles. The Kier molecular flexibility index (Phi) is 1.86. The van der Waals surface area contributed by atoms with Crippen LogP contribution in [0.3, 0.4) is 0 Å². The van der Waals surface area contributed by atoms with E-state index >= 15 is 0 Å². The minimum absolute atomic E-state index is 0.295. The molecule has 0 atom stereocenters. The summed E-state index contributed by atoms with van der Waals surface area (Å²) in [6.45, 7) is 0. The molecule has 1 aromatic carbocycles. The van der Waals surface area contributed by atoms with Crippen LogP contribution in [0.15, 0.2) is 29.6 Å². The molecule has 0 aliphatic heterocycles. The number of thiophene rings is 1. The Labute approximate surface area is 77.5 Å². The fourth-order valence-corrected chi connectivity index (χ4v) is 1.93. The molecule has 13 heavy (non-hydrogen) atoms. The van der Waals surface area contributed by atoms with E-state index < -0.39 is 5.09 Å². The normalized spacial score (nSPS) is 10.2. The molecule has 0 N–H and O–H groups in total. The van der Waals surface area contributed by atoms with Gasteiger partial charge in [-0.25, -0.2) is 0 Å². The summed E-state index contributed by atoms with van der Waals surface area (Å²) in [5.41, 5.74) is 0. The smallest absolute Gasteiger partial charge is 0.276 e. The molecule has 0 aliphatic carbocycles. The Hall–Kier alpha value is -1.62. The predicted octanol–water partition coefficient (Wildman–Crippen LogP) is 2.47. The molecule has 0 bridgehead atoms. The van der Waals surface area contributed by atoms with Gasteiger partial charge in [0, 0.05) is 10.1 Å². The van der Waals surface area contributed by atoms with Crippen molar-refractivity contribution in [2.24, 2.45) is 0 Å². The van der Waals surface area contributed by atoms with Crippen molar-refractivity contribution >= 4 is 21.4 Å². The van der Waals surface area contributed by atoms with Gasteiger partial charge in [0.2, 0.25) is 0 Å². The fourth-order valence-electron chi connectivity index (χ4n) is 1.13. The first kappa shape index (κ1) is 8.00. The maximum Gasteiger partial charge on any atom is 0.299 e. The summed E-state index contributed by atoms with van der Waals surface area (Å²) < 4.78 is 0.986. The third kappa shape index (κ3) is 1.46. The summed E-state index contributed by atoms with van der Waals surface area (Å²) in [4.78, 5) is 14.5. The molecule has 0 aliphatic rings. The highest BCUT2D eigenvalue weighted by molar-refractivity contribution is 7.17. The zero-order chi connectivity index (χ0) is 9.26. The quantitative estimate of drug-likeness (QED) is 0.546. The largest absolute Gasteiger partial charge is 0.299 e. The topological polar surface area (TPSA) is 52.4 Å². The van der Waals surface area contributed by atoms with Gasteiger partial charge in [-0.3, -0.25) is 4.84 Å². The molecule has 0 amide bonds. The maximum absolute atomic E-state index is 10.1. The van der Waals surface area contributed by atoms with Gasteiger partial charge in [0.15, 0.2) is 0 Å². The monoisotopic (exact) mass is 195 g/mol. The molecular weight excluding hydrogens is 190 g/mol. The molecular formula is C8H5NO3S. The fraction of sp³-hybridized carbons (Fsp3) is 0. The van der Waals surface area contributed by atoms with E-state index in [-0.39, 0.29) is 0 Å². The van der Waals surface area contributed by atoms with E-state index in [0.29, 0.717) is 5.75 Å². The minimum atomic E-state index is -0.799. The number of fused-ring (bicyclic) bond motifs is 1. The second-order valence-corrected chi connectivity index (χ2v) is 3.35. The van der Waals surface area contributed by atoms with E-state index in [2.05, 4.69) is 4.84 Å². The standard InChI is InChI=1S/C8H5NO3S/c10-9(11)12-7-2-1-3-8-6(7)4-5-13-8/h1-5H. The van der Waals surface area contributed by atoms with Crippen LogP contribution in [0.2, 0.25) is 0 Å². The maximum atomic E-state index is 10.1. The van der Waals surface area contributed by atoms with Crippen LogP contribution >= 0.6 is 11.3 Å². The zero-order valence-electron chi connectivity index (χ0n) is 6.47. The highest BCUT2D eigenvalue weighted by atomic mass is 32.1. The lowest BCUT2D eigenvalue weighted by atomic mass is 10.2. The first-order valence-electron chi connectivity index (χ1n) is 3.56. The van der Waals surface area contributed by atoms with Crippen molar-refractivity contribution in [2.75, 3.05) is 0 Å². The first-order valence-corrected chi connectivity index (χ1v) is 4.44. The summed E-state index contributed by atoms with van der Waals surface area (Å²) >= 11 is 1.53. The summed E-state index contributed by atoms with van der Waals surface area (Å²) in [7, 11) is 0. The first-order chi connectivity index (χ1) is 6.27. The number of benzene rings is 1. The van der Waals surface area contributed by atoms with Crippen molar-refractivity contribution in [3.8, 4) is 5.75 Å². The van der Waals surface area contributed by atoms with Gasteiger partial charge in [-0.1, -0.05) is 6.07 Å². The number of nitrogens with zero attached hydrogens (tertiary/aromatic N) is 1. The minimum Gasteiger partial charge on any atom is -0.276 e. The highest BCUT2D eigenvalue weighted by Crippen LogP contribution is 2.29. The Morgan fingerprint density at radius 3 is 3.00 bits per heavy atom. The lowest BCUT2D eigenvalue weighted by molar-refractivity contribution is -0.710. The van der Waals surface area contributed by atoms with Crippen LogP contribution in [0.5, 0.6) is 5.75 Å². The van der Waals surface area contributed by atoms with Crippen molar-refractivity contribution in [1.29, 1.82) is 0 Å². The average molecular weight is 195 g/mol. The number of hydrogen-bond donors (Lipinski definition) is 0. The van der Waals surface area contributed by atoms with E-state index in [1.54, 1.807) is 18.2 Å². The SMILES string of the molecule is O=[N+]([O-])Oc1cccc2sccc12. The van der Waals surface area contributed by atoms with Crippen molar-refractivity contribution in [1.82, 2.24) is 0 Å². The van der Waals surface area contributed by atoms with Crippen molar-refractivity contribution in [2.45, 2.75) is 0 Å². The van der Waals surface area contributed by atoms with Crippen LogP contribution in [-0.2, 0) is 0 Å². The van der Waals surface area contributed by atoms with E-state index in [1.807, 2.05) is 11.4 Å². The van der Waals surface area contributed by atoms with Gasteiger partial charge in [-0.2, -0.15) is 0 Å². The van der Waals surface area contributed by atoms with Gasteiger partial charge >= 0.3 is 0 Å². The second-order valence-electron chi connectivity index (χ2n) is 2.40. The molecule has 66 valence electrons. The van der Waals surface area contributed by atoms with Crippen LogP contribution in [0.25, 0.3) is 10.1 Å². The lowest BCUT2D eigenvalue weighted by Crippen LogP contribution is -2.03. The van der Waals surface area contributed by atoms with Gasteiger partial charge in [0.25, 0.3) is 5.09 Å². The zero-order valence-corrected chi connectivity index (χ0v) is 7.28. The summed E-state index contributed by atoms with van der Waals surface area (Å²) in [5, 5.41) is 12.0. The van der Waals surface area contributed by atoms with Crippen LogP contribution in [0.1, 0.15) is 0 Å². The van der Waals surface area contributed by atoms with Crippen LogP contribution in [0, 0.1) is 10.1 Å². The number of rotatable bonds is 2. The van der Waals surface area contributed by atoms with Crippen LogP contribution in [0.4, 0.5) is 0 Å². The summed E-state index contributed by atoms with van der Waals surface area (Å²) in [5.74, 6) is 0.295. The average Bonchev–Trinajstić information content (AvgIpc) is 2.51. The summed E-state index contributed by atoms with van der Waals surface area (Å²) in [6.07, 6.45) is 0. The molecule has 0 spiro atoms. The summed E-state index contributed by atoms with van der Waals surface area (Å²) in [6, 6.07) is 7.02. The Balaban J connectivity index is 2.54. The highest BCUT2D eigenvalue weighted by Gasteiger charge is 2.04. The molecule has 0 radical (unpaired) electrons. The molecule has 0 saturated carbocycles. The van der Waals surface area contributed by atoms with Crippen molar-refractivity contribution in [3.63, 3.8) is 0 Å². The molecule has 2 rings (SSSR count). The Morgan fingerprint density at radius 2 is 2.23 bits per heavy atom. The Bertz CT molecular complexity index is 451. The van der Waals surface area contributed by atoms with Gasteiger partial charge in [0.05, 0.1) is 0 Å². The molecule has 0 fully saturated rings. The van der Waals surface area contributed by atoms with E-state index in [4.69, 9.17) is 0 Å². The molecule has 0 saturated heterocycles. The predicted molar refractivity (Wildman–Crippen MR) is 49.4 cm³/mol. The van der Waals surface area contributed by atoms with Gasteiger partial charge in [0.1, 0.15) is 5.75 Å². The molecule has 2 aromatic rings.